The van der Waals surface area contributed by atoms with Gasteiger partial charge in [-0.25, -0.2) is 4.79 Å². The van der Waals surface area contributed by atoms with Crippen LogP contribution in [0.2, 0.25) is 0 Å². The summed E-state index contributed by atoms with van der Waals surface area (Å²) < 4.78 is 73.0. The van der Waals surface area contributed by atoms with Crippen molar-refractivity contribution in [3.8, 4) is 11.4 Å². The van der Waals surface area contributed by atoms with Gasteiger partial charge >= 0.3 is 18.3 Å². The Labute approximate surface area is 154 Å². The fourth-order valence-corrected chi connectivity index (χ4v) is 2.86. The second kappa shape index (κ2) is 7.45. The zero-order valence-corrected chi connectivity index (χ0v) is 15.0. The highest BCUT2D eigenvalue weighted by molar-refractivity contribution is 5.73. The molecule has 0 amide bonds. The number of aliphatic carboxylic acids is 1. The molecule has 0 aliphatic carbocycles. The maximum atomic E-state index is 12.9. The number of halogens is 6. The number of rotatable bonds is 1. The SMILES string of the molecule is C[C@@H]1NCCc2c1nn(C)c2-c1cc(C(F)(F)F)n(C)n1.O=C(O)C(F)(F)F. The Morgan fingerprint density at radius 2 is 1.75 bits per heavy atom. The summed E-state index contributed by atoms with van der Waals surface area (Å²) in [6, 6.07) is 1.18. The van der Waals surface area contributed by atoms with E-state index in [0.29, 0.717) is 11.4 Å². The molecule has 7 nitrogen and oxygen atoms in total. The average molecular weight is 413 g/mol. The van der Waals surface area contributed by atoms with Crippen LogP contribution in [0.4, 0.5) is 26.3 Å². The standard InChI is InChI=1S/C13H16F3N5.C2HF3O2/c1-7-11-8(4-5-17-7)12(21(3)19-11)9-6-10(13(14,15)16)20(2)18-9;3-2(4,5)1(6)7/h6-7,17H,4-5H2,1-3H3;(H,6,7)/t7-;/m0./s1. The highest BCUT2D eigenvalue weighted by atomic mass is 19.4. The molecule has 2 N–H and O–H groups in total. The number of carboxylic acids is 1. The molecule has 0 spiro atoms. The molecule has 0 aromatic carbocycles. The van der Waals surface area contributed by atoms with Gasteiger partial charge in [0, 0.05) is 25.7 Å². The van der Waals surface area contributed by atoms with E-state index in [1.165, 1.54) is 7.05 Å². The highest BCUT2D eigenvalue weighted by Gasteiger charge is 2.38. The van der Waals surface area contributed by atoms with Crippen LogP contribution in [0, 0.1) is 0 Å². The molecule has 1 aliphatic rings. The molecule has 13 heteroatoms. The number of nitrogens with zero attached hydrogens (tertiary/aromatic N) is 4. The van der Waals surface area contributed by atoms with Crippen LogP contribution >= 0.6 is 0 Å². The lowest BCUT2D eigenvalue weighted by Crippen LogP contribution is -2.27. The minimum Gasteiger partial charge on any atom is -0.475 e. The Bertz CT molecular complexity index is 868. The summed E-state index contributed by atoms with van der Waals surface area (Å²) in [5.41, 5.74) is 2.10. The van der Waals surface area contributed by atoms with Crippen LogP contribution in [0.5, 0.6) is 0 Å². The first kappa shape index (κ1) is 21.7. The third-order valence-electron chi connectivity index (χ3n) is 4.07. The van der Waals surface area contributed by atoms with Crippen molar-refractivity contribution in [3.05, 3.63) is 23.0 Å². The van der Waals surface area contributed by atoms with Crippen molar-refractivity contribution < 1.29 is 36.2 Å². The number of carbonyl (C=O) groups is 1. The van der Waals surface area contributed by atoms with Gasteiger partial charge in [0.2, 0.25) is 0 Å². The van der Waals surface area contributed by atoms with Crippen molar-refractivity contribution in [2.24, 2.45) is 14.1 Å². The smallest absolute Gasteiger partial charge is 0.475 e. The van der Waals surface area contributed by atoms with Crippen molar-refractivity contribution in [2.75, 3.05) is 6.54 Å². The Balaban J connectivity index is 0.000000345. The molecule has 1 atom stereocenters. The Hall–Kier alpha value is -2.57. The van der Waals surface area contributed by atoms with E-state index in [9.17, 15) is 26.3 Å². The van der Waals surface area contributed by atoms with E-state index < -0.39 is 24.0 Å². The summed E-state index contributed by atoms with van der Waals surface area (Å²) in [7, 11) is 3.04. The summed E-state index contributed by atoms with van der Waals surface area (Å²) >= 11 is 0. The zero-order valence-electron chi connectivity index (χ0n) is 15.0. The van der Waals surface area contributed by atoms with Gasteiger partial charge in [-0.2, -0.15) is 36.5 Å². The maximum absolute atomic E-state index is 12.9. The summed E-state index contributed by atoms with van der Waals surface area (Å²) in [6.45, 7) is 2.78. The number of hydrogen-bond donors (Lipinski definition) is 2. The van der Waals surface area contributed by atoms with Crippen LogP contribution in [0.25, 0.3) is 11.4 Å². The van der Waals surface area contributed by atoms with Crippen LogP contribution in [0.3, 0.4) is 0 Å². The number of alkyl halides is 6. The highest BCUT2D eigenvalue weighted by Crippen LogP contribution is 2.35. The van der Waals surface area contributed by atoms with Gasteiger partial charge in [-0.3, -0.25) is 9.36 Å². The van der Waals surface area contributed by atoms with Gasteiger partial charge in [0.05, 0.1) is 11.4 Å². The number of aryl methyl sites for hydroxylation is 2. The fraction of sp³-hybridized carbons (Fsp3) is 0.533. The Morgan fingerprint density at radius 1 is 1.18 bits per heavy atom. The molecular weight excluding hydrogens is 396 g/mol. The second-order valence-corrected chi connectivity index (χ2v) is 6.10. The number of carboxylic acid groups (broad SMARTS) is 1. The van der Waals surface area contributed by atoms with E-state index in [0.717, 1.165) is 35.0 Å². The second-order valence-electron chi connectivity index (χ2n) is 6.10. The van der Waals surface area contributed by atoms with Crippen molar-refractivity contribution in [2.45, 2.75) is 31.7 Å². The lowest BCUT2D eigenvalue weighted by molar-refractivity contribution is -0.192. The minimum absolute atomic E-state index is 0.0968. The first-order valence-corrected chi connectivity index (χ1v) is 7.94. The molecule has 0 fully saturated rings. The van der Waals surface area contributed by atoms with E-state index in [4.69, 9.17) is 9.90 Å². The molecule has 3 rings (SSSR count). The van der Waals surface area contributed by atoms with Gasteiger partial charge in [-0.1, -0.05) is 0 Å². The molecule has 1 aliphatic heterocycles. The predicted molar refractivity (Wildman–Crippen MR) is 84.2 cm³/mol. The maximum Gasteiger partial charge on any atom is 0.490 e. The van der Waals surface area contributed by atoms with Crippen molar-refractivity contribution in [1.29, 1.82) is 0 Å². The average Bonchev–Trinajstić information content (AvgIpc) is 3.07. The number of hydrogen-bond acceptors (Lipinski definition) is 4. The van der Waals surface area contributed by atoms with E-state index >= 15 is 0 Å². The molecule has 2 aromatic rings. The Morgan fingerprint density at radius 3 is 2.21 bits per heavy atom. The van der Waals surface area contributed by atoms with Gasteiger partial charge < -0.3 is 10.4 Å². The molecule has 0 saturated heterocycles. The number of fused-ring (bicyclic) bond motifs is 1. The summed E-state index contributed by atoms with van der Waals surface area (Å²) in [5, 5.41) is 18.9. The summed E-state index contributed by atoms with van der Waals surface area (Å²) in [5.74, 6) is -2.76. The van der Waals surface area contributed by atoms with Crippen LogP contribution in [-0.4, -0.2) is 43.4 Å². The van der Waals surface area contributed by atoms with Gasteiger partial charge in [0.25, 0.3) is 0 Å². The molecule has 3 heterocycles. The van der Waals surface area contributed by atoms with Gasteiger partial charge in [0.1, 0.15) is 11.4 Å². The molecule has 0 radical (unpaired) electrons. The van der Waals surface area contributed by atoms with Gasteiger partial charge in [-0.05, 0) is 26.0 Å². The number of aromatic nitrogens is 4. The largest absolute Gasteiger partial charge is 0.490 e. The predicted octanol–water partition coefficient (Wildman–Crippen LogP) is 2.68. The van der Waals surface area contributed by atoms with Crippen LogP contribution in [0.15, 0.2) is 6.07 Å². The van der Waals surface area contributed by atoms with Gasteiger partial charge in [-0.15, -0.1) is 0 Å². The van der Waals surface area contributed by atoms with E-state index in [2.05, 4.69) is 15.5 Å². The van der Waals surface area contributed by atoms with Crippen molar-refractivity contribution >= 4 is 5.97 Å². The van der Waals surface area contributed by atoms with Crippen LogP contribution < -0.4 is 5.32 Å². The lowest BCUT2D eigenvalue weighted by Gasteiger charge is -2.19. The lowest BCUT2D eigenvalue weighted by atomic mass is 9.99. The third-order valence-corrected chi connectivity index (χ3v) is 4.07. The quantitative estimate of drug-likeness (QED) is 0.703. The van der Waals surface area contributed by atoms with Crippen LogP contribution in [-0.2, 0) is 31.5 Å². The molecule has 156 valence electrons. The van der Waals surface area contributed by atoms with Crippen molar-refractivity contribution in [3.63, 3.8) is 0 Å². The molecule has 28 heavy (non-hydrogen) atoms. The van der Waals surface area contributed by atoms with E-state index in [1.807, 2.05) is 6.92 Å². The van der Waals surface area contributed by atoms with Gasteiger partial charge in [0.15, 0.2) is 0 Å². The number of nitrogens with one attached hydrogen (secondary N) is 1. The topological polar surface area (TPSA) is 85.0 Å². The minimum atomic E-state index is -5.08. The molecule has 0 saturated carbocycles. The molecule has 0 bridgehead atoms. The molecule has 0 unspecified atom stereocenters. The third kappa shape index (κ3) is 4.46. The first-order chi connectivity index (χ1) is 12.7. The van der Waals surface area contributed by atoms with E-state index in [1.54, 1.807) is 11.7 Å². The van der Waals surface area contributed by atoms with E-state index in [-0.39, 0.29) is 6.04 Å². The summed E-state index contributed by atoms with van der Waals surface area (Å²) in [4.78, 5) is 8.90. The van der Waals surface area contributed by atoms with Crippen molar-refractivity contribution in [1.82, 2.24) is 24.9 Å². The fourth-order valence-electron chi connectivity index (χ4n) is 2.86. The van der Waals surface area contributed by atoms with Crippen LogP contribution in [0.1, 0.15) is 29.9 Å². The first-order valence-electron chi connectivity index (χ1n) is 7.94. The molecule has 2 aromatic heterocycles. The zero-order chi connectivity index (χ0) is 21.4. The monoisotopic (exact) mass is 413 g/mol. The molecular formula is C15H17F6N5O2. The normalized spacial score (nSPS) is 17.0. The Kier molecular flexibility index (Phi) is 5.78. The summed E-state index contributed by atoms with van der Waals surface area (Å²) in [6.07, 6.45) is -8.76.